The van der Waals surface area contributed by atoms with E-state index in [-0.39, 0.29) is 11.9 Å². The van der Waals surface area contributed by atoms with Gasteiger partial charge < -0.3 is 5.32 Å². The third kappa shape index (κ3) is 2.22. The number of rotatable bonds is 3. The summed E-state index contributed by atoms with van der Waals surface area (Å²) in [6.45, 7) is 3.81. The summed E-state index contributed by atoms with van der Waals surface area (Å²) in [6.07, 6.45) is 1.83. The second kappa shape index (κ2) is 4.61. The highest BCUT2D eigenvalue weighted by atomic mass is 32.1. The summed E-state index contributed by atoms with van der Waals surface area (Å²) in [4.78, 5) is 5.17. The summed E-state index contributed by atoms with van der Waals surface area (Å²) < 4.78 is 13.3. The molecular formula is C12H13FN2S. The fourth-order valence-electron chi connectivity index (χ4n) is 1.51. The molecule has 0 aliphatic rings. The third-order valence-corrected chi connectivity index (χ3v) is 3.48. The van der Waals surface area contributed by atoms with Crippen molar-refractivity contribution < 1.29 is 4.39 Å². The van der Waals surface area contributed by atoms with Crippen molar-refractivity contribution in [1.82, 2.24) is 4.98 Å². The van der Waals surface area contributed by atoms with Gasteiger partial charge in [0.1, 0.15) is 5.82 Å². The molecule has 1 N–H and O–H groups in total. The molecule has 0 saturated carbocycles. The minimum absolute atomic E-state index is 0.146. The van der Waals surface area contributed by atoms with Gasteiger partial charge in [-0.05, 0) is 26.0 Å². The quantitative estimate of drug-likeness (QED) is 0.877. The first kappa shape index (κ1) is 11.1. The van der Waals surface area contributed by atoms with Gasteiger partial charge in [-0.15, -0.1) is 11.3 Å². The van der Waals surface area contributed by atoms with Crippen molar-refractivity contribution in [2.75, 3.05) is 5.32 Å². The fourth-order valence-corrected chi connectivity index (χ4v) is 2.14. The Kier molecular flexibility index (Phi) is 3.19. The van der Waals surface area contributed by atoms with Crippen molar-refractivity contribution in [2.24, 2.45) is 0 Å². The SMILES string of the molecule is Cc1c(F)cccc1NC(C)c1cncs1. The van der Waals surface area contributed by atoms with E-state index in [0.29, 0.717) is 5.56 Å². The Labute approximate surface area is 98.2 Å². The van der Waals surface area contributed by atoms with Crippen LogP contribution in [-0.2, 0) is 0 Å². The number of thiazole rings is 1. The van der Waals surface area contributed by atoms with Gasteiger partial charge in [0.05, 0.1) is 11.6 Å². The Morgan fingerprint density at radius 3 is 2.94 bits per heavy atom. The molecule has 0 fully saturated rings. The number of nitrogens with one attached hydrogen (secondary N) is 1. The lowest BCUT2D eigenvalue weighted by molar-refractivity contribution is 0.618. The molecular weight excluding hydrogens is 223 g/mol. The summed E-state index contributed by atoms with van der Waals surface area (Å²) in [5.41, 5.74) is 3.28. The maximum atomic E-state index is 13.3. The smallest absolute Gasteiger partial charge is 0.128 e. The summed E-state index contributed by atoms with van der Waals surface area (Å²) in [7, 11) is 0. The molecule has 0 saturated heterocycles. The Morgan fingerprint density at radius 2 is 2.25 bits per heavy atom. The van der Waals surface area contributed by atoms with Crippen LogP contribution in [0.25, 0.3) is 0 Å². The molecule has 1 aromatic heterocycles. The van der Waals surface area contributed by atoms with Crippen LogP contribution in [0, 0.1) is 12.7 Å². The maximum absolute atomic E-state index is 13.3. The van der Waals surface area contributed by atoms with Crippen molar-refractivity contribution in [2.45, 2.75) is 19.9 Å². The van der Waals surface area contributed by atoms with E-state index < -0.39 is 0 Å². The molecule has 0 spiro atoms. The lowest BCUT2D eigenvalue weighted by Gasteiger charge is -2.15. The Bertz CT molecular complexity index is 468. The van der Waals surface area contributed by atoms with E-state index in [4.69, 9.17) is 0 Å². The number of anilines is 1. The maximum Gasteiger partial charge on any atom is 0.128 e. The minimum Gasteiger partial charge on any atom is -0.377 e. The van der Waals surface area contributed by atoms with E-state index in [1.165, 1.54) is 6.07 Å². The molecule has 4 heteroatoms. The first-order valence-electron chi connectivity index (χ1n) is 5.08. The number of halogens is 1. The van der Waals surface area contributed by atoms with Gasteiger partial charge in [0.25, 0.3) is 0 Å². The van der Waals surface area contributed by atoms with E-state index in [0.717, 1.165) is 10.6 Å². The number of benzene rings is 1. The largest absolute Gasteiger partial charge is 0.377 e. The zero-order valence-corrected chi connectivity index (χ0v) is 10.0. The van der Waals surface area contributed by atoms with Crippen LogP contribution >= 0.6 is 11.3 Å². The minimum atomic E-state index is -0.179. The van der Waals surface area contributed by atoms with Crippen molar-refractivity contribution >= 4 is 17.0 Å². The van der Waals surface area contributed by atoms with Crippen LogP contribution in [0.3, 0.4) is 0 Å². The highest BCUT2D eigenvalue weighted by Crippen LogP contribution is 2.25. The Morgan fingerprint density at radius 1 is 1.44 bits per heavy atom. The van der Waals surface area contributed by atoms with Crippen LogP contribution in [0.1, 0.15) is 23.4 Å². The lowest BCUT2D eigenvalue weighted by Crippen LogP contribution is -2.06. The van der Waals surface area contributed by atoms with Crippen LogP contribution in [0.15, 0.2) is 29.9 Å². The normalized spacial score (nSPS) is 12.4. The summed E-state index contributed by atoms with van der Waals surface area (Å²) in [6, 6.07) is 5.21. The van der Waals surface area contributed by atoms with Crippen LogP contribution in [-0.4, -0.2) is 4.98 Å². The van der Waals surface area contributed by atoms with Crippen molar-refractivity contribution in [3.05, 3.63) is 46.2 Å². The molecule has 16 heavy (non-hydrogen) atoms. The third-order valence-electron chi connectivity index (χ3n) is 2.52. The molecule has 0 aliphatic heterocycles. The molecule has 0 radical (unpaired) electrons. The number of nitrogens with zero attached hydrogens (tertiary/aromatic N) is 1. The van der Waals surface area contributed by atoms with Crippen molar-refractivity contribution in [3.63, 3.8) is 0 Å². The molecule has 0 amide bonds. The molecule has 1 aromatic carbocycles. The molecule has 2 nitrogen and oxygen atoms in total. The van der Waals surface area contributed by atoms with Crippen LogP contribution in [0.2, 0.25) is 0 Å². The molecule has 2 rings (SSSR count). The average molecular weight is 236 g/mol. The predicted octanol–water partition coefficient (Wildman–Crippen LogP) is 3.76. The Hall–Kier alpha value is -1.42. The highest BCUT2D eigenvalue weighted by Gasteiger charge is 2.09. The van der Waals surface area contributed by atoms with E-state index in [2.05, 4.69) is 10.3 Å². The molecule has 1 unspecified atom stereocenters. The summed E-state index contributed by atoms with van der Waals surface area (Å²) >= 11 is 1.59. The second-order valence-electron chi connectivity index (χ2n) is 3.68. The molecule has 0 bridgehead atoms. The molecule has 1 atom stereocenters. The van der Waals surface area contributed by atoms with E-state index in [1.807, 2.05) is 19.2 Å². The van der Waals surface area contributed by atoms with E-state index >= 15 is 0 Å². The summed E-state index contributed by atoms with van der Waals surface area (Å²) in [5, 5.41) is 3.28. The number of hydrogen-bond donors (Lipinski definition) is 1. The van der Waals surface area contributed by atoms with Gasteiger partial charge >= 0.3 is 0 Å². The van der Waals surface area contributed by atoms with Crippen LogP contribution in [0.5, 0.6) is 0 Å². The molecule has 2 aromatic rings. The number of aromatic nitrogens is 1. The van der Waals surface area contributed by atoms with Gasteiger partial charge in [-0.3, -0.25) is 4.98 Å². The highest BCUT2D eigenvalue weighted by molar-refractivity contribution is 7.09. The molecule has 84 valence electrons. The second-order valence-corrected chi connectivity index (χ2v) is 4.60. The standard InChI is InChI=1S/C12H13FN2S/c1-8-10(13)4-3-5-11(8)15-9(2)12-6-14-7-16-12/h3-7,9,15H,1-2H3. The zero-order valence-electron chi connectivity index (χ0n) is 9.20. The van der Waals surface area contributed by atoms with E-state index in [9.17, 15) is 4.39 Å². The lowest BCUT2D eigenvalue weighted by atomic mass is 10.1. The van der Waals surface area contributed by atoms with Gasteiger partial charge in [0, 0.05) is 22.3 Å². The predicted molar refractivity (Wildman–Crippen MR) is 65.3 cm³/mol. The van der Waals surface area contributed by atoms with Gasteiger partial charge in [0.2, 0.25) is 0 Å². The number of hydrogen-bond acceptors (Lipinski definition) is 3. The van der Waals surface area contributed by atoms with Gasteiger partial charge in [-0.1, -0.05) is 6.07 Å². The first-order chi connectivity index (χ1) is 7.68. The monoisotopic (exact) mass is 236 g/mol. The zero-order chi connectivity index (χ0) is 11.5. The van der Waals surface area contributed by atoms with Gasteiger partial charge in [-0.25, -0.2) is 4.39 Å². The van der Waals surface area contributed by atoms with Crippen LogP contribution < -0.4 is 5.32 Å². The average Bonchev–Trinajstić information content (AvgIpc) is 2.78. The van der Waals surface area contributed by atoms with Gasteiger partial charge in [0.15, 0.2) is 0 Å². The Balaban J connectivity index is 2.18. The topological polar surface area (TPSA) is 24.9 Å². The summed E-state index contributed by atoms with van der Waals surface area (Å²) in [5.74, 6) is -0.179. The van der Waals surface area contributed by atoms with Crippen molar-refractivity contribution in [1.29, 1.82) is 0 Å². The first-order valence-corrected chi connectivity index (χ1v) is 5.96. The van der Waals surface area contributed by atoms with Crippen molar-refractivity contribution in [3.8, 4) is 0 Å². The molecule has 1 heterocycles. The van der Waals surface area contributed by atoms with Gasteiger partial charge in [-0.2, -0.15) is 0 Å². The van der Waals surface area contributed by atoms with Crippen LogP contribution in [0.4, 0.5) is 10.1 Å². The fraction of sp³-hybridized carbons (Fsp3) is 0.250. The molecule has 0 aliphatic carbocycles. The van der Waals surface area contributed by atoms with E-state index in [1.54, 1.807) is 29.8 Å².